The van der Waals surface area contributed by atoms with Crippen LogP contribution in [0, 0.1) is 5.92 Å². The first-order valence-electron chi connectivity index (χ1n) is 9.09. The third-order valence-corrected chi connectivity index (χ3v) is 4.76. The molecule has 0 bridgehead atoms. The summed E-state index contributed by atoms with van der Waals surface area (Å²) in [4.78, 5) is 19.2. The van der Waals surface area contributed by atoms with E-state index in [1.807, 2.05) is 30.3 Å². The van der Waals surface area contributed by atoms with E-state index in [-0.39, 0.29) is 5.91 Å². The fourth-order valence-corrected chi connectivity index (χ4v) is 3.44. The molecule has 128 valence electrons. The van der Waals surface area contributed by atoms with Gasteiger partial charge in [0.25, 0.3) is 5.91 Å². The predicted molar refractivity (Wildman–Crippen MR) is 98.1 cm³/mol. The van der Waals surface area contributed by atoms with Crippen LogP contribution < -0.4 is 5.32 Å². The fraction of sp³-hybridized carbons (Fsp3) is 0.500. The van der Waals surface area contributed by atoms with Crippen LogP contribution in [0.1, 0.15) is 43.1 Å². The number of fused-ring (bicyclic) bond motifs is 1. The number of hydrogen-bond donors (Lipinski definition) is 1. The molecule has 0 spiro atoms. The van der Waals surface area contributed by atoms with Gasteiger partial charge in [-0.3, -0.25) is 4.79 Å². The molecule has 0 saturated carbocycles. The molecule has 1 atom stereocenters. The highest BCUT2D eigenvalue weighted by molar-refractivity contribution is 5.94. The molecule has 1 N–H and O–H groups in total. The first-order valence-corrected chi connectivity index (χ1v) is 9.09. The maximum Gasteiger partial charge on any atom is 0.269 e. The van der Waals surface area contributed by atoms with E-state index in [0.717, 1.165) is 42.8 Å². The number of aromatic nitrogens is 1. The van der Waals surface area contributed by atoms with Crippen LogP contribution in [-0.4, -0.2) is 42.0 Å². The number of amides is 1. The zero-order chi connectivity index (χ0) is 16.8. The third-order valence-electron chi connectivity index (χ3n) is 4.76. The molecule has 1 aliphatic heterocycles. The number of pyridine rings is 1. The van der Waals surface area contributed by atoms with Gasteiger partial charge >= 0.3 is 0 Å². The van der Waals surface area contributed by atoms with Gasteiger partial charge in [0, 0.05) is 18.5 Å². The van der Waals surface area contributed by atoms with Crippen LogP contribution in [0.5, 0.6) is 0 Å². The normalized spacial score (nSPS) is 18.6. The van der Waals surface area contributed by atoms with Crippen molar-refractivity contribution in [2.45, 2.75) is 32.6 Å². The number of nitrogens with one attached hydrogen (secondary N) is 1. The second kappa shape index (κ2) is 8.25. The van der Waals surface area contributed by atoms with Crippen molar-refractivity contribution in [3.63, 3.8) is 0 Å². The summed E-state index contributed by atoms with van der Waals surface area (Å²) in [5.41, 5.74) is 1.36. The van der Waals surface area contributed by atoms with Crippen molar-refractivity contribution in [3.8, 4) is 0 Å². The fourth-order valence-electron chi connectivity index (χ4n) is 3.44. The Balaban J connectivity index is 1.40. The molecule has 3 rings (SSSR count). The number of benzene rings is 1. The Morgan fingerprint density at radius 3 is 3.00 bits per heavy atom. The van der Waals surface area contributed by atoms with E-state index >= 15 is 0 Å². The smallest absolute Gasteiger partial charge is 0.269 e. The Labute approximate surface area is 144 Å². The molecule has 4 heteroatoms. The number of unbranched alkanes of at least 4 members (excludes halogenated alkanes) is 1. The zero-order valence-corrected chi connectivity index (χ0v) is 14.5. The van der Waals surface area contributed by atoms with Crippen LogP contribution in [0.2, 0.25) is 0 Å². The Morgan fingerprint density at radius 2 is 2.12 bits per heavy atom. The minimum absolute atomic E-state index is 0.0765. The maximum atomic E-state index is 12.2. The molecule has 0 unspecified atom stereocenters. The van der Waals surface area contributed by atoms with Crippen molar-refractivity contribution in [1.82, 2.24) is 15.2 Å². The molecule has 1 aromatic heterocycles. The van der Waals surface area contributed by atoms with Crippen molar-refractivity contribution < 1.29 is 4.79 Å². The number of para-hydroxylation sites is 1. The van der Waals surface area contributed by atoms with Gasteiger partial charge in [-0.15, -0.1) is 0 Å². The van der Waals surface area contributed by atoms with E-state index < -0.39 is 0 Å². The molecule has 0 radical (unpaired) electrons. The number of likely N-dealkylation sites (tertiary alicyclic amines) is 1. The van der Waals surface area contributed by atoms with Gasteiger partial charge in [-0.1, -0.05) is 31.2 Å². The Bertz CT molecular complexity index is 685. The second-order valence-corrected chi connectivity index (χ2v) is 6.90. The van der Waals surface area contributed by atoms with Crippen molar-refractivity contribution in [2.24, 2.45) is 5.92 Å². The van der Waals surface area contributed by atoms with E-state index in [9.17, 15) is 4.79 Å². The van der Waals surface area contributed by atoms with Crippen LogP contribution in [-0.2, 0) is 0 Å². The summed E-state index contributed by atoms with van der Waals surface area (Å²) in [6, 6.07) is 11.6. The number of carbonyl (C=O) groups is 1. The molecule has 1 fully saturated rings. The summed E-state index contributed by atoms with van der Waals surface area (Å²) in [5.74, 6) is 0.754. The molecular weight excluding hydrogens is 298 g/mol. The van der Waals surface area contributed by atoms with E-state index in [1.165, 1.54) is 25.9 Å². The molecule has 4 nitrogen and oxygen atoms in total. The summed E-state index contributed by atoms with van der Waals surface area (Å²) in [5, 5.41) is 4.05. The topological polar surface area (TPSA) is 45.2 Å². The second-order valence-electron chi connectivity index (χ2n) is 6.90. The minimum Gasteiger partial charge on any atom is -0.351 e. The van der Waals surface area contributed by atoms with Gasteiger partial charge in [-0.25, -0.2) is 4.98 Å². The molecule has 2 heterocycles. The third kappa shape index (κ3) is 4.54. The summed E-state index contributed by atoms with van der Waals surface area (Å²) >= 11 is 0. The first-order chi connectivity index (χ1) is 11.7. The Morgan fingerprint density at radius 1 is 1.25 bits per heavy atom. The number of piperidine rings is 1. The van der Waals surface area contributed by atoms with Crippen LogP contribution in [0.25, 0.3) is 10.9 Å². The van der Waals surface area contributed by atoms with Crippen LogP contribution in [0.15, 0.2) is 36.4 Å². The summed E-state index contributed by atoms with van der Waals surface area (Å²) in [7, 11) is 0. The van der Waals surface area contributed by atoms with Gasteiger partial charge < -0.3 is 10.2 Å². The first kappa shape index (κ1) is 16.9. The van der Waals surface area contributed by atoms with Crippen molar-refractivity contribution in [3.05, 3.63) is 42.1 Å². The van der Waals surface area contributed by atoms with Crippen molar-refractivity contribution >= 4 is 16.8 Å². The number of hydrogen-bond acceptors (Lipinski definition) is 3. The highest BCUT2D eigenvalue weighted by Gasteiger charge is 2.15. The molecule has 1 aliphatic rings. The van der Waals surface area contributed by atoms with Gasteiger partial charge in [0.15, 0.2) is 0 Å². The van der Waals surface area contributed by atoms with E-state index in [0.29, 0.717) is 5.69 Å². The van der Waals surface area contributed by atoms with Crippen LogP contribution >= 0.6 is 0 Å². The highest BCUT2D eigenvalue weighted by atomic mass is 16.1. The van der Waals surface area contributed by atoms with E-state index in [4.69, 9.17) is 0 Å². The van der Waals surface area contributed by atoms with Gasteiger partial charge in [0.2, 0.25) is 0 Å². The van der Waals surface area contributed by atoms with Gasteiger partial charge in [0.05, 0.1) is 5.52 Å². The molecule has 1 saturated heterocycles. The Kier molecular flexibility index (Phi) is 5.81. The molecule has 1 aromatic carbocycles. The van der Waals surface area contributed by atoms with Gasteiger partial charge in [-0.2, -0.15) is 0 Å². The lowest BCUT2D eigenvalue weighted by Crippen LogP contribution is -2.35. The van der Waals surface area contributed by atoms with Gasteiger partial charge in [-0.05, 0) is 56.8 Å². The van der Waals surface area contributed by atoms with E-state index in [1.54, 1.807) is 6.07 Å². The molecule has 1 amide bonds. The lowest BCUT2D eigenvalue weighted by molar-refractivity contribution is 0.0947. The average Bonchev–Trinajstić information content (AvgIpc) is 2.61. The average molecular weight is 325 g/mol. The largest absolute Gasteiger partial charge is 0.351 e. The van der Waals surface area contributed by atoms with Gasteiger partial charge in [0.1, 0.15) is 5.69 Å². The monoisotopic (exact) mass is 325 g/mol. The molecular formula is C20H27N3O. The molecule has 2 aromatic rings. The SMILES string of the molecule is C[C@@H]1CCCN(CCCCNC(=O)c2ccc3ccccc3n2)C1. The van der Waals surface area contributed by atoms with E-state index in [2.05, 4.69) is 22.1 Å². The minimum atomic E-state index is -0.0765. The quantitative estimate of drug-likeness (QED) is 0.827. The maximum absolute atomic E-state index is 12.2. The lowest BCUT2D eigenvalue weighted by atomic mass is 10.0. The number of carbonyl (C=O) groups excluding carboxylic acids is 1. The van der Waals surface area contributed by atoms with Crippen LogP contribution in [0.4, 0.5) is 0 Å². The predicted octanol–water partition coefficient (Wildman–Crippen LogP) is 3.48. The molecule has 0 aliphatic carbocycles. The summed E-state index contributed by atoms with van der Waals surface area (Å²) in [6.07, 6.45) is 4.85. The number of nitrogens with zero attached hydrogens (tertiary/aromatic N) is 2. The summed E-state index contributed by atoms with van der Waals surface area (Å²) in [6.45, 7) is 6.67. The molecule has 24 heavy (non-hydrogen) atoms. The number of rotatable bonds is 6. The Hall–Kier alpha value is -1.94. The standard InChI is InChI=1S/C20H27N3O/c1-16-7-6-14-23(15-16)13-5-4-12-21-20(24)19-11-10-17-8-2-3-9-18(17)22-19/h2-3,8-11,16H,4-7,12-15H2,1H3,(H,21,24)/t16-/m1/s1. The zero-order valence-electron chi connectivity index (χ0n) is 14.5. The van der Waals surface area contributed by atoms with Crippen LogP contribution in [0.3, 0.4) is 0 Å². The summed E-state index contributed by atoms with van der Waals surface area (Å²) < 4.78 is 0. The van der Waals surface area contributed by atoms with Crippen molar-refractivity contribution in [1.29, 1.82) is 0 Å². The highest BCUT2D eigenvalue weighted by Crippen LogP contribution is 2.15. The lowest BCUT2D eigenvalue weighted by Gasteiger charge is -2.30. The van der Waals surface area contributed by atoms with Crippen molar-refractivity contribution in [2.75, 3.05) is 26.2 Å².